The summed E-state index contributed by atoms with van der Waals surface area (Å²) in [5.41, 5.74) is -1.44. The predicted octanol–water partition coefficient (Wildman–Crippen LogP) is 15.1. The normalized spacial score (nSPS) is 13.8. The third-order valence-electron chi connectivity index (χ3n) is 12.9. The van der Waals surface area contributed by atoms with Crippen molar-refractivity contribution in [2.24, 2.45) is 0 Å². The van der Waals surface area contributed by atoms with Crippen molar-refractivity contribution in [2.75, 3.05) is 46.5 Å². The Bertz CT molecular complexity index is 3880. The molecule has 0 radical (unpaired) electrons. The van der Waals surface area contributed by atoms with Gasteiger partial charge in [0.2, 0.25) is 0 Å². The zero-order valence-electron chi connectivity index (χ0n) is 42.2. The quantitative estimate of drug-likeness (QED) is 0.128. The smallest absolute Gasteiger partial charge is 0.196 e. The van der Waals surface area contributed by atoms with Gasteiger partial charge in [-0.05, 0) is 48.5 Å². The Morgan fingerprint density at radius 1 is 0.247 bits per heavy atom. The Morgan fingerprint density at radius 2 is 0.576 bits per heavy atom. The summed E-state index contributed by atoms with van der Waals surface area (Å²) in [5, 5.41) is 0. The van der Waals surface area contributed by atoms with Gasteiger partial charge in [0.25, 0.3) is 0 Å². The van der Waals surface area contributed by atoms with Crippen LogP contribution in [-0.4, -0.2) is 26.9 Å². The lowest BCUT2D eigenvalue weighted by Crippen LogP contribution is -2.34. The Morgan fingerprint density at radius 3 is 1.00 bits per heavy atom. The topological polar surface area (TPSA) is 49.9 Å². The Kier molecular flexibility index (Phi) is 17.4. The van der Waals surface area contributed by atoms with Gasteiger partial charge in [-0.2, -0.15) is 0 Å². The molecule has 0 saturated carbocycles. The highest BCUT2D eigenvalue weighted by Crippen LogP contribution is 2.39. The predicted molar refractivity (Wildman–Crippen MR) is 257 cm³/mol. The summed E-state index contributed by atoms with van der Waals surface area (Å²) in [7, 11) is 0. The molecule has 0 saturated heterocycles. The number of rotatable bonds is 4. The maximum absolute atomic E-state index is 13.7. The molecule has 0 N–H and O–H groups in total. The summed E-state index contributed by atoms with van der Waals surface area (Å²) < 4.78 is 300. The van der Waals surface area contributed by atoms with Gasteiger partial charge in [0.05, 0.1) is 59.8 Å². The number of benzene rings is 8. The van der Waals surface area contributed by atoms with Gasteiger partial charge in [-0.3, -0.25) is 0 Å². The second kappa shape index (κ2) is 24.5. The van der Waals surface area contributed by atoms with Crippen molar-refractivity contribution in [1.82, 2.24) is 0 Å². The van der Waals surface area contributed by atoms with Crippen LogP contribution in [0.15, 0.2) is 91.0 Å². The van der Waals surface area contributed by atoms with Crippen molar-refractivity contribution < 1.29 is 111 Å². The minimum absolute atomic E-state index is 0.0141. The highest BCUT2D eigenvalue weighted by atomic mass is 19.2. The minimum atomic E-state index is -1.70. The van der Waals surface area contributed by atoms with Crippen molar-refractivity contribution in [3.63, 3.8) is 0 Å². The maximum Gasteiger partial charge on any atom is 0.196 e. The number of hydrogen-bond acceptors (Lipinski definition) is 8. The molecule has 29 heteroatoms. The number of anilines is 4. The average molecular weight is 1220 g/mol. The van der Waals surface area contributed by atoms with Crippen LogP contribution in [0.4, 0.5) is 115 Å². The van der Waals surface area contributed by atoms with Gasteiger partial charge >= 0.3 is 0 Å². The van der Waals surface area contributed by atoms with Crippen LogP contribution in [0.3, 0.4) is 0 Å². The van der Waals surface area contributed by atoms with Crippen LogP contribution in [0.2, 0.25) is 0 Å². The second-order valence-electron chi connectivity index (χ2n) is 18.2. The molecule has 446 valence electrons. The molecule has 4 aliphatic rings. The van der Waals surface area contributed by atoms with Crippen LogP contribution < -0.4 is 38.5 Å². The molecule has 0 unspecified atom stereocenters. The van der Waals surface area contributed by atoms with Crippen molar-refractivity contribution in [1.29, 1.82) is 0 Å². The van der Waals surface area contributed by atoms with E-state index >= 15 is 0 Å². The minimum Gasteiger partial charge on any atom is -0.473 e. The van der Waals surface area contributed by atoms with Crippen LogP contribution in [0.5, 0.6) is 23.0 Å². The fourth-order valence-electron chi connectivity index (χ4n) is 8.69. The van der Waals surface area contributed by atoms with Crippen LogP contribution in [0.25, 0.3) is 0 Å². The first-order valence-electron chi connectivity index (χ1n) is 24.0. The van der Waals surface area contributed by atoms with Crippen LogP contribution in [0.1, 0.15) is 22.3 Å². The van der Waals surface area contributed by atoms with Gasteiger partial charge in [-0.25, -0.2) is 92.2 Å². The zero-order chi connectivity index (χ0) is 61.5. The number of hydrogen-bond donors (Lipinski definition) is 0. The molecule has 4 heterocycles. The Balaban J connectivity index is 0.000000136. The lowest BCUT2D eigenvalue weighted by molar-refractivity contribution is 0.275. The third kappa shape index (κ3) is 12.4. The molecule has 85 heavy (non-hydrogen) atoms. The first kappa shape index (κ1) is 60.3. The molecule has 0 amide bonds. The van der Waals surface area contributed by atoms with Gasteiger partial charge in [-0.15, -0.1) is 0 Å². The Labute approximate surface area is 464 Å². The molecule has 8 aromatic rings. The number of halogens is 21. The van der Waals surface area contributed by atoms with Gasteiger partial charge in [0.15, 0.2) is 126 Å². The zero-order valence-corrected chi connectivity index (χ0v) is 42.2. The van der Waals surface area contributed by atoms with E-state index in [0.717, 1.165) is 40.1 Å². The van der Waals surface area contributed by atoms with Gasteiger partial charge in [-0.1, -0.05) is 0 Å². The van der Waals surface area contributed by atoms with Crippen LogP contribution in [-0.2, 0) is 26.2 Å². The fraction of sp³-hybridized carbons (Fsp3) is 0.143. The largest absolute Gasteiger partial charge is 0.473 e. The molecule has 0 aliphatic carbocycles. The lowest BCUT2D eigenvalue weighted by atomic mass is 10.1. The van der Waals surface area contributed by atoms with E-state index in [1.165, 1.54) is 29.2 Å². The second-order valence-corrected chi connectivity index (χ2v) is 18.2. The van der Waals surface area contributed by atoms with E-state index in [-0.39, 0.29) is 96.5 Å². The van der Waals surface area contributed by atoms with Crippen molar-refractivity contribution in [3.8, 4) is 23.0 Å². The first-order chi connectivity index (χ1) is 40.3. The van der Waals surface area contributed by atoms with E-state index in [1.54, 1.807) is 4.90 Å². The molecule has 8 nitrogen and oxygen atoms in total. The molecule has 4 aliphatic heterocycles. The summed E-state index contributed by atoms with van der Waals surface area (Å²) in [4.78, 5) is 4.77. The highest BCUT2D eigenvalue weighted by Gasteiger charge is 2.32. The molecule has 12 rings (SSSR count). The SMILES string of the molecule is Fc1cc(F)c(N2COc3cc(F)c(F)c(F)c3C2)c(F)c1.Fc1ccc(N2COc3cc(F)c(F)c(F)c3C2)c(F)c1.Fc1ccc(N2COc3cc(F)c(F)c(F)c3C2)c(F)c1F.Fc1ccc(N2COc3cc(F)c(F)c(F)c3C2)cc1. The summed E-state index contributed by atoms with van der Waals surface area (Å²) in [6.07, 6.45) is 0. The molecule has 0 atom stereocenters. The van der Waals surface area contributed by atoms with Crippen molar-refractivity contribution in [2.45, 2.75) is 26.2 Å². The fourth-order valence-corrected chi connectivity index (χ4v) is 8.69. The van der Waals surface area contributed by atoms with E-state index in [0.29, 0.717) is 42.1 Å². The molecule has 0 aromatic heterocycles. The summed E-state index contributed by atoms with van der Waals surface area (Å²) in [6.45, 7) is -2.00. The highest BCUT2D eigenvalue weighted by molar-refractivity contribution is 5.55. The van der Waals surface area contributed by atoms with E-state index in [1.807, 2.05) is 0 Å². The van der Waals surface area contributed by atoms with E-state index in [2.05, 4.69) is 0 Å². The molecule has 8 aromatic carbocycles. The van der Waals surface area contributed by atoms with E-state index in [9.17, 15) is 92.2 Å². The molecular formula is C56H31F21N4O4. The van der Waals surface area contributed by atoms with Gasteiger partial charge in [0, 0.05) is 48.2 Å². The lowest BCUT2D eigenvalue weighted by Gasteiger charge is -2.31. The standard InChI is InChI=1S/2C14H7F6NO.C14H8F5NO.C14H9F4NO/c15-6-1-9(17)14(10(18)2-6)21-4-7-11(22-5-21)3-8(16)13(20)12(7)19;15-7-1-2-9(14(20)12(7)18)21-4-6-10(22-5-21)3-8(16)13(19)11(6)17;15-7-1-2-11(9(16)3-7)20-5-8-12(21-6-20)4-10(17)14(19)13(8)18;15-8-1-3-9(4-2-8)19-6-10-12(20-7-19)5-11(16)14(18)13(10)17/h2*1-3H,4-5H2;1-4H,5-6H2;1-5H,6-7H2. The molecule has 0 fully saturated rings. The number of nitrogens with zero attached hydrogens (tertiary/aromatic N) is 4. The van der Waals surface area contributed by atoms with Crippen LogP contribution in [0, 0.1) is 122 Å². The monoisotopic (exact) mass is 1220 g/mol. The average Bonchev–Trinajstić information content (AvgIpc) is 2.32. The van der Waals surface area contributed by atoms with Gasteiger partial charge < -0.3 is 38.5 Å². The van der Waals surface area contributed by atoms with Crippen molar-refractivity contribution >= 4 is 22.7 Å². The summed E-state index contributed by atoms with van der Waals surface area (Å²) >= 11 is 0. The summed E-state index contributed by atoms with van der Waals surface area (Å²) in [5.74, 6) is -28.3. The number of ether oxygens (including phenoxy) is 4. The van der Waals surface area contributed by atoms with Crippen molar-refractivity contribution in [3.05, 3.63) is 235 Å². The summed E-state index contributed by atoms with van der Waals surface area (Å²) in [6, 6.07) is 13.8. The van der Waals surface area contributed by atoms with E-state index < -0.39 is 141 Å². The molecular weight excluding hydrogens is 1190 g/mol. The molecule has 0 spiro atoms. The number of fused-ring (bicyclic) bond motifs is 4. The maximum atomic E-state index is 13.7. The van der Waals surface area contributed by atoms with E-state index in [4.69, 9.17) is 18.9 Å². The molecule has 0 bridgehead atoms. The first-order valence-corrected chi connectivity index (χ1v) is 24.0. The Hall–Kier alpha value is -9.31. The third-order valence-corrected chi connectivity index (χ3v) is 12.9. The van der Waals surface area contributed by atoms with Crippen LogP contribution >= 0.6 is 0 Å². The van der Waals surface area contributed by atoms with Gasteiger partial charge in [0.1, 0.15) is 52.0 Å².